The molecule has 1 heterocycles. The third kappa shape index (κ3) is 1.83. The van der Waals surface area contributed by atoms with Crippen LogP contribution in [0.5, 0.6) is 0 Å². The number of hydrogen-bond acceptors (Lipinski definition) is 1. The molecular weight excluding hydrogens is 221 g/mol. The number of aromatic nitrogens is 1. The van der Waals surface area contributed by atoms with Gasteiger partial charge >= 0.3 is 0 Å². The lowest BCUT2D eigenvalue weighted by molar-refractivity contribution is 0.567. The van der Waals surface area contributed by atoms with Crippen molar-refractivity contribution in [3.05, 3.63) is 27.7 Å². The van der Waals surface area contributed by atoms with Gasteiger partial charge in [-0.3, -0.25) is 0 Å². The normalized spacial score (nSPS) is 10.8. The Morgan fingerprint density at radius 3 is 2.58 bits per heavy atom. The molecule has 3 heteroatoms. The topological polar surface area (TPSA) is 12.9 Å². The molecule has 0 atom stereocenters. The number of aryl methyl sites for hydroxylation is 1. The number of pyridine rings is 1. The van der Waals surface area contributed by atoms with Crippen LogP contribution in [-0.4, -0.2) is 4.98 Å². The van der Waals surface area contributed by atoms with Crippen LogP contribution in [0.3, 0.4) is 0 Å². The number of nitrogens with zero attached hydrogens (tertiary/aromatic N) is 1. The molecule has 0 radical (unpaired) electrons. The van der Waals surface area contributed by atoms with E-state index in [1.54, 1.807) is 6.92 Å². The van der Waals surface area contributed by atoms with Crippen LogP contribution in [0.25, 0.3) is 0 Å². The van der Waals surface area contributed by atoms with E-state index in [-0.39, 0.29) is 0 Å². The standard InChI is InChI=1S/C9H11BrFN/c1-5(2)7-4-6(3)12-9(11)8(7)10/h4-5H,1-3H3. The fraction of sp³-hybridized carbons (Fsp3) is 0.444. The van der Waals surface area contributed by atoms with E-state index < -0.39 is 5.95 Å². The van der Waals surface area contributed by atoms with Crippen LogP contribution in [0.15, 0.2) is 10.5 Å². The maximum absolute atomic E-state index is 13.0. The Labute approximate surface area is 80.1 Å². The third-order valence-electron chi connectivity index (χ3n) is 1.70. The highest BCUT2D eigenvalue weighted by Crippen LogP contribution is 2.26. The molecule has 1 aromatic heterocycles. The van der Waals surface area contributed by atoms with Crippen LogP contribution in [-0.2, 0) is 0 Å². The van der Waals surface area contributed by atoms with Gasteiger partial charge in [-0.1, -0.05) is 13.8 Å². The van der Waals surface area contributed by atoms with Gasteiger partial charge in [0.2, 0.25) is 5.95 Å². The van der Waals surface area contributed by atoms with Gasteiger partial charge in [-0.25, -0.2) is 4.98 Å². The van der Waals surface area contributed by atoms with E-state index in [1.165, 1.54) is 0 Å². The van der Waals surface area contributed by atoms with Crippen molar-refractivity contribution < 1.29 is 4.39 Å². The molecule has 1 rings (SSSR count). The first-order valence-electron chi connectivity index (χ1n) is 3.85. The highest BCUT2D eigenvalue weighted by molar-refractivity contribution is 9.10. The monoisotopic (exact) mass is 231 g/mol. The Kier molecular flexibility index (Phi) is 2.83. The predicted molar refractivity (Wildman–Crippen MR) is 50.7 cm³/mol. The summed E-state index contributed by atoms with van der Waals surface area (Å²) >= 11 is 3.18. The highest BCUT2D eigenvalue weighted by atomic mass is 79.9. The summed E-state index contributed by atoms with van der Waals surface area (Å²) in [5.74, 6) is -0.103. The molecule has 0 aromatic carbocycles. The van der Waals surface area contributed by atoms with E-state index in [0.717, 1.165) is 11.3 Å². The van der Waals surface area contributed by atoms with Gasteiger partial charge < -0.3 is 0 Å². The van der Waals surface area contributed by atoms with Gasteiger partial charge in [0.05, 0.1) is 4.47 Å². The van der Waals surface area contributed by atoms with Gasteiger partial charge in [-0.05, 0) is 40.4 Å². The summed E-state index contributed by atoms with van der Waals surface area (Å²) in [4.78, 5) is 3.70. The van der Waals surface area contributed by atoms with Crippen molar-refractivity contribution in [1.29, 1.82) is 0 Å². The summed E-state index contributed by atoms with van der Waals surface area (Å²) in [5, 5.41) is 0. The highest BCUT2D eigenvalue weighted by Gasteiger charge is 2.10. The lowest BCUT2D eigenvalue weighted by Crippen LogP contribution is -1.97. The number of rotatable bonds is 1. The Morgan fingerprint density at radius 1 is 1.50 bits per heavy atom. The molecule has 0 amide bonds. The van der Waals surface area contributed by atoms with Crippen molar-refractivity contribution in [2.45, 2.75) is 26.7 Å². The maximum Gasteiger partial charge on any atom is 0.227 e. The first kappa shape index (κ1) is 9.65. The minimum atomic E-state index is -0.418. The average molecular weight is 232 g/mol. The number of hydrogen-bond donors (Lipinski definition) is 0. The molecule has 0 bridgehead atoms. The molecule has 0 N–H and O–H groups in total. The summed E-state index contributed by atoms with van der Waals surface area (Å²) in [6, 6.07) is 1.90. The van der Waals surface area contributed by atoms with E-state index >= 15 is 0 Å². The third-order valence-corrected chi connectivity index (χ3v) is 2.48. The Balaban J connectivity index is 3.28. The summed E-state index contributed by atoms with van der Waals surface area (Å²) in [6.45, 7) is 5.85. The molecule has 1 aromatic rings. The largest absolute Gasteiger partial charge is 0.227 e. The molecular formula is C9H11BrFN. The molecule has 0 spiro atoms. The lowest BCUT2D eigenvalue weighted by Gasteiger charge is -2.09. The van der Waals surface area contributed by atoms with Crippen LogP contribution in [0, 0.1) is 12.9 Å². The Hall–Kier alpha value is -0.440. The Bertz CT molecular complexity index is 297. The smallest absolute Gasteiger partial charge is 0.224 e. The minimum absolute atomic E-state index is 0.315. The Morgan fingerprint density at radius 2 is 2.08 bits per heavy atom. The van der Waals surface area contributed by atoms with Crippen molar-refractivity contribution in [3.8, 4) is 0 Å². The molecule has 0 unspecified atom stereocenters. The first-order valence-corrected chi connectivity index (χ1v) is 4.64. The van der Waals surface area contributed by atoms with Crippen molar-refractivity contribution >= 4 is 15.9 Å². The molecule has 0 saturated carbocycles. The van der Waals surface area contributed by atoms with E-state index in [4.69, 9.17) is 0 Å². The van der Waals surface area contributed by atoms with Crippen molar-refractivity contribution in [2.24, 2.45) is 0 Å². The van der Waals surface area contributed by atoms with E-state index in [1.807, 2.05) is 19.9 Å². The van der Waals surface area contributed by atoms with Crippen molar-refractivity contribution in [2.75, 3.05) is 0 Å². The van der Waals surface area contributed by atoms with Crippen molar-refractivity contribution in [1.82, 2.24) is 4.98 Å². The minimum Gasteiger partial charge on any atom is -0.224 e. The zero-order valence-corrected chi connectivity index (χ0v) is 8.94. The summed E-state index contributed by atoms with van der Waals surface area (Å²) < 4.78 is 13.5. The second-order valence-electron chi connectivity index (χ2n) is 3.11. The fourth-order valence-corrected chi connectivity index (χ4v) is 1.72. The van der Waals surface area contributed by atoms with Crippen LogP contribution >= 0.6 is 15.9 Å². The van der Waals surface area contributed by atoms with Crippen LogP contribution < -0.4 is 0 Å². The maximum atomic E-state index is 13.0. The molecule has 12 heavy (non-hydrogen) atoms. The summed E-state index contributed by atoms with van der Waals surface area (Å²) in [7, 11) is 0. The van der Waals surface area contributed by atoms with Gasteiger partial charge in [-0.15, -0.1) is 0 Å². The van der Waals surface area contributed by atoms with Crippen molar-refractivity contribution in [3.63, 3.8) is 0 Å². The second-order valence-corrected chi connectivity index (χ2v) is 3.91. The fourth-order valence-electron chi connectivity index (χ4n) is 1.06. The van der Waals surface area contributed by atoms with Crippen LogP contribution in [0.2, 0.25) is 0 Å². The van der Waals surface area contributed by atoms with Crippen LogP contribution in [0.4, 0.5) is 4.39 Å². The predicted octanol–water partition coefficient (Wildman–Crippen LogP) is 3.42. The molecule has 0 fully saturated rings. The van der Waals surface area contributed by atoms with E-state index in [9.17, 15) is 4.39 Å². The molecule has 0 aliphatic heterocycles. The zero-order chi connectivity index (χ0) is 9.30. The summed E-state index contributed by atoms with van der Waals surface area (Å²) in [6.07, 6.45) is 0. The van der Waals surface area contributed by atoms with Gasteiger partial charge in [0.15, 0.2) is 0 Å². The average Bonchev–Trinajstić information content (AvgIpc) is 1.96. The van der Waals surface area contributed by atoms with E-state index in [2.05, 4.69) is 20.9 Å². The first-order chi connectivity index (χ1) is 5.52. The van der Waals surface area contributed by atoms with Gasteiger partial charge in [-0.2, -0.15) is 4.39 Å². The molecule has 0 aliphatic rings. The zero-order valence-electron chi connectivity index (χ0n) is 7.36. The molecule has 1 nitrogen and oxygen atoms in total. The second kappa shape index (κ2) is 3.52. The molecule has 66 valence electrons. The quantitative estimate of drug-likeness (QED) is 0.676. The SMILES string of the molecule is Cc1cc(C(C)C)c(Br)c(F)n1. The van der Waals surface area contributed by atoms with Gasteiger partial charge in [0.1, 0.15) is 0 Å². The number of halogens is 2. The van der Waals surface area contributed by atoms with Gasteiger partial charge in [0, 0.05) is 5.69 Å². The van der Waals surface area contributed by atoms with Gasteiger partial charge in [0.25, 0.3) is 0 Å². The summed E-state index contributed by atoms with van der Waals surface area (Å²) in [5.41, 5.74) is 1.69. The van der Waals surface area contributed by atoms with Crippen LogP contribution in [0.1, 0.15) is 31.0 Å². The lowest BCUT2D eigenvalue weighted by atomic mass is 10.0. The molecule has 0 saturated heterocycles. The van der Waals surface area contributed by atoms with E-state index in [0.29, 0.717) is 10.4 Å². The molecule has 0 aliphatic carbocycles.